The Morgan fingerprint density at radius 3 is 3.20 bits per heavy atom. The minimum atomic E-state index is 0.0569. The second-order valence-electron chi connectivity index (χ2n) is 3.69. The van der Waals surface area contributed by atoms with Crippen molar-refractivity contribution in [1.82, 2.24) is 0 Å². The Morgan fingerprint density at radius 1 is 1.53 bits per heavy atom. The van der Waals surface area contributed by atoms with Gasteiger partial charge in [0, 0.05) is 12.8 Å². The van der Waals surface area contributed by atoms with Gasteiger partial charge in [0.05, 0.1) is 12.3 Å². The lowest BCUT2D eigenvalue weighted by Crippen LogP contribution is -2.11. The zero-order valence-corrected chi connectivity index (χ0v) is 8.88. The number of rotatable bonds is 3. The van der Waals surface area contributed by atoms with E-state index in [2.05, 4.69) is 5.32 Å². The second kappa shape index (κ2) is 4.34. The SMILES string of the molecule is CCCC(=O)Nc1cccc2c1OCC2. The fraction of sp³-hybridized carbons (Fsp3) is 0.417. The maximum Gasteiger partial charge on any atom is 0.224 e. The molecule has 80 valence electrons. The van der Waals surface area contributed by atoms with Crippen molar-refractivity contribution in [3.63, 3.8) is 0 Å². The highest BCUT2D eigenvalue weighted by atomic mass is 16.5. The summed E-state index contributed by atoms with van der Waals surface area (Å²) >= 11 is 0. The average Bonchev–Trinajstić information content (AvgIpc) is 2.67. The van der Waals surface area contributed by atoms with Crippen molar-refractivity contribution >= 4 is 11.6 Å². The van der Waals surface area contributed by atoms with Crippen LogP contribution in [0.3, 0.4) is 0 Å². The van der Waals surface area contributed by atoms with Gasteiger partial charge in [0.2, 0.25) is 5.91 Å². The van der Waals surface area contributed by atoms with E-state index in [0.717, 1.165) is 30.9 Å². The Balaban J connectivity index is 2.15. The van der Waals surface area contributed by atoms with Gasteiger partial charge in [-0.2, -0.15) is 0 Å². The maximum atomic E-state index is 11.4. The predicted octanol–water partition coefficient (Wildman–Crippen LogP) is 2.36. The molecule has 2 rings (SSSR count). The van der Waals surface area contributed by atoms with Crippen molar-refractivity contribution in [1.29, 1.82) is 0 Å². The number of benzene rings is 1. The van der Waals surface area contributed by atoms with Crippen LogP contribution in [-0.4, -0.2) is 12.5 Å². The van der Waals surface area contributed by atoms with Crippen LogP contribution in [0.15, 0.2) is 18.2 Å². The van der Waals surface area contributed by atoms with Crippen LogP contribution in [-0.2, 0) is 11.2 Å². The Bertz CT molecular complexity index is 374. The number of carbonyl (C=O) groups is 1. The molecule has 0 radical (unpaired) electrons. The van der Waals surface area contributed by atoms with Crippen LogP contribution in [0, 0.1) is 0 Å². The smallest absolute Gasteiger partial charge is 0.224 e. The number of carbonyl (C=O) groups excluding carboxylic acids is 1. The van der Waals surface area contributed by atoms with Crippen molar-refractivity contribution < 1.29 is 9.53 Å². The third-order valence-electron chi connectivity index (χ3n) is 2.47. The van der Waals surface area contributed by atoms with Gasteiger partial charge in [-0.15, -0.1) is 0 Å². The fourth-order valence-electron chi connectivity index (χ4n) is 1.75. The third-order valence-corrected chi connectivity index (χ3v) is 2.47. The molecule has 1 aliphatic rings. The minimum Gasteiger partial charge on any atom is -0.491 e. The molecule has 0 saturated heterocycles. The van der Waals surface area contributed by atoms with Gasteiger partial charge in [0.15, 0.2) is 0 Å². The van der Waals surface area contributed by atoms with E-state index in [1.807, 2.05) is 25.1 Å². The molecule has 1 aliphatic heterocycles. The molecule has 0 fully saturated rings. The van der Waals surface area contributed by atoms with Crippen molar-refractivity contribution in [2.24, 2.45) is 0 Å². The molecule has 1 heterocycles. The van der Waals surface area contributed by atoms with Gasteiger partial charge < -0.3 is 10.1 Å². The predicted molar refractivity (Wildman–Crippen MR) is 59.2 cm³/mol. The largest absolute Gasteiger partial charge is 0.491 e. The zero-order valence-electron chi connectivity index (χ0n) is 8.88. The average molecular weight is 205 g/mol. The molecule has 1 amide bonds. The van der Waals surface area contributed by atoms with Crippen molar-refractivity contribution in [2.75, 3.05) is 11.9 Å². The molecule has 1 N–H and O–H groups in total. The first-order valence-corrected chi connectivity index (χ1v) is 5.36. The number of para-hydroxylation sites is 1. The van der Waals surface area contributed by atoms with Crippen molar-refractivity contribution in [3.05, 3.63) is 23.8 Å². The summed E-state index contributed by atoms with van der Waals surface area (Å²) in [4.78, 5) is 11.4. The molecule has 3 heteroatoms. The van der Waals surface area contributed by atoms with E-state index in [1.54, 1.807) is 0 Å². The summed E-state index contributed by atoms with van der Waals surface area (Å²) in [6.45, 7) is 2.71. The lowest BCUT2D eigenvalue weighted by molar-refractivity contribution is -0.116. The lowest BCUT2D eigenvalue weighted by atomic mass is 10.1. The summed E-state index contributed by atoms with van der Waals surface area (Å²) in [5.74, 6) is 0.906. The monoisotopic (exact) mass is 205 g/mol. The molecule has 1 aromatic rings. The highest BCUT2D eigenvalue weighted by Gasteiger charge is 2.16. The van der Waals surface area contributed by atoms with E-state index in [1.165, 1.54) is 5.56 Å². The summed E-state index contributed by atoms with van der Waals surface area (Å²) in [7, 11) is 0. The van der Waals surface area contributed by atoms with Gasteiger partial charge in [-0.25, -0.2) is 0 Å². The quantitative estimate of drug-likeness (QED) is 0.822. The van der Waals surface area contributed by atoms with Crippen LogP contribution in [0.1, 0.15) is 25.3 Å². The van der Waals surface area contributed by atoms with Gasteiger partial charge >= 0.3 is 0 Å². The van der Waals surface area contributed by atoms with Crippen LogP contribution < -0.4 is 10.1 Å². The van der Waals surface area contributed by atoms with E-state index < -0.39 is 0 Å². The summed E-state index contributed by atoms with van der Waals surface area (Å²) < 4.78 is 5.49. The van der Waals surface area contributed by atoms with Crippen LogP contribution in [0.4, 0.5) is 5.69 Å². The first kappa shape index (κ1) is 10.0. The van der Waals surface area contributed by atoms with Gasteiger partial charge in [-0.3, -0.25) is 4.79 Å². The van der Waals surface area contributed by atoms with Crippen molar-refractivity contribution in [3.8, 4) is 5.75 Å². The number of anilines is 1. The van der Waals surface area contributed by atoms with E-state index in [4.69, 9.17) is 4.74 Å². The van der Waals surface area contributed by atoms with Crippen LogP contribution in [0.2, 0.25) is 0 Å². The molecule has 0 aromatic heterocycles. The minimum absolute atomic E-state index is 0.0569. The molecule has 0 spiro atoms. The highest BCUT2D eigenvalue weighted by molar-refractivity contribution is 5.92. The molecular formula is C12H15NO2. The number of nitrogens with one attached hydrogen (secondary N) is 1. The molecule has 0 aliphatic carbocycles. The highest BCUT2D eigenvalue weighted by Crippen LogP contribution is 2.33. The Morgan fingerprint density at radius 2 is 2.40 bits per heavy atom. The van der Waals surface area contributed by atoms with E-state index in [9.17, 15) is 4.79 Å². The number of hydrogen-bond donors (Lipinski definition) is 1. The fourth-order valence-corrected chi connectivity index (χ4v) is 1.75. The molecule has 15 heavy (non-hydrogen) atoms. The van der Waals surface area contributed by atoms with E-state index in [-0.39, 0.29) is 5.91 Å². The number of ether oxygens (including phenoxy) is 1. The summed E-state index contributed by atoms with van der Waals surface area (Å²) in [5, 5.41) is 2.88. The van der Waals surface area contributed by atoms with Crippen LogP contribution >= 0.6 is 0 Å². The Hall–Kier alpha value is -1.51. The summed E-state index contributed by atoms with van der Waals surface area (Å²) in [6, 6.07) is 5.88. The topological polar surface area (TPSA) is 38.3 Å². The standard InChI is InChI=1S/C12H15NO2/c1-2-4-11(14)13-10-6-3-5-9-7-8-15-12(9)10/h3,5-6H,2,4,7-8H2,1H3,(H,13,14). The molecule has 0 unspecified atom stereocenters. The normalized spacial score (nSPS) is 13.1. The molecule has 1 aromatic carbocycles. The van der Waals surface area contributed by atoms with Gasteiger partial charge in [-0.1, -0.05) is 19.1 Å². The molecule has 0 atom stereocenters. The number of fused-ring (bicyclic) bond motifs is 1. The number of amides is 1. The molecule has 0 saturated carbocycles. The zero-order chi connectivity index (χ0) is 10.7. The van der Waals surface area contributed by atoms with Gasteiger partial charge in [-0.05, 0) is 18.1 Å². The molecule has 0 bridgehead atoms. The number of hydrogen-bond acceptors (Lipinski definition) is 2. The van der Waals surface area contributed by atoms with E-state index >= 15 is 0 Å². The van der Waals surface area contributed by atoms with Crippen LogP contribution in [0.5, 0.6) is 5.75 Å². The van der Waals surface area contributed by atoms with Gasteiger partial charge in [0.1, 0.15) is 5.75 Å². The van der Waals surface area contributed by atoms with Crippen molar-refractivity contribution in [2.45, 2.75) is 26.2 Å². The van der Waals surface area contributed by atoms with Crippen LogP contribution in [0.25, 0.3) is 0 Å². The van der Waals surface area contributed by atoms with Gasteiger partial charge in [0.25, 0.3) is 0 Å². The Kier molecular flexibility index (Phi) is 2.90. The maximum absolute atomic E-state index is 11.4. The lowest BCUT2D eigenvalue weighted by Gasteiger charge is -2.08. The van der Waals surface area contributed by atoms with E-state index in [0.29, 0.717) is 6.42 Å². The first-order valence-electron chi connectivity index (χ1n) is 5.36. The first-order chi connectivity index (χ1) is 7.31. The Labute approximate surface area is 89.4 Å². The summed E-state index contributed by atoms with van der Waals surface area (Å²) in [5.41, 5.74) is 1.99. The second-order valence-corrected chi connectivity index (χ2v) is 3.69. The summed E-state index contributed by atoms with van der Waals surface area (Å²) in [6.07, 6.45) is 2.36. The molecule has 3 nitrogen and oxygen atoms in total. The third kappa shape index (κ3) is 2.12. The molecular weight excluding hydrogens is 190 g/mol.